The van der Waals surface area contributed by atoms with Crippen molar-refractivity contribution >= 4 is 27.5 Å². The van der Waals surface area contributed by atoms with Crippen molar-refractivity contribution < 1.29 is 31.7 Å². The van der Waals surface area contributed by atoms with E-state index in [-0.39, 0.29) is 53.7 Å². The summed E-state index contributed by atoms with van der Waals surface area (Å²) in [6.07, 6.45) is 2.73. The Hall–Kier alpha value is -3.18. The van der Waals surface area contributed by atoms with Crippen LogP contribution in [0.25, 0.3) is 0 Å². The molecule has 2 N–H and O–H groups in total. The molecule has 1 aliphatic carbocycles. The number of rotatable bonds is 10. The summed E-state index contributed by atoms with van der Waals surface area (Å²) in [7, 11) is -2.30. The minimum Gasteiger partial charge on any atom is -0.491 e. The van der Waals surface area contributed by atoms with Gasteiger partial charge in [-0.2, -0.15) is 8.42 Å². The Labute approximate surface area is 224 Å². The molecule has 1 atom stereocenters. The number of carbonyl (C=O) groups is 2. The molecule has 10 nitrogen and oxygen atoms in total. The van der Waals surface area contributed by atoms with E-state index in [1.165, 1.54) is 13.1 Å². The van der Waals surface area contributed by atoms with E-state index >= 15 is 0 Å². The van der Waals surface area contributed by atoms with Gasteiger partial charge in [-0.3, -0.25) is 14.5 Å². The number of hydrogen-bond acceptors (Lipinski definition) is 9. The molecule has 0 radical (unpaired) electrons. The van der Waals surface area contributed by atoms with Gasteiger partial charge < -0.3 is 24.4 Å². The van der Waals surface area contributed by atoms with Gasteiger partial charge in [0.15, 0.2) is 23.0 Å². The van der Waals surface area contributed by atoms with Crippen molar-refractivity contribution in [3.05, 3.63) is 46.2 Å². The smallest absolute Gasteiger partial charge is 0.306 e. The highest BCUT2D eigenvalue weighted by atomic mass is 32.2. The van der Waals surface area contributed by atoms with Crippen LogP contribution in [-0.2, 0) is 25.1 Å². The number of Topliss-reactive ketones (excluding diaryl/α,β-unsaturated/α-hetero) is 1. The van der Waals surface area contributed by atoms with Crippen molar-refractivity contribution in [1.82, 2.24) is 10.2 Å². The topological polar surface area (TPSA) is 135 Å². The molecule has 2 aliphatic rings. The van der Waals surface area contributed by atoms with Crippen LogP contribution in [-0.4, -0.2) is 76.9 Å². The first-order chi connectivity index (χ1) is 17.7. The molecule has 1 aliphatic heterocycles. The number of likely N-dealkylation sites (N-methyl/N-ethyl adjacent to an activating group) is 1. The Morgan fingerprint density at radius 2 is 1.82 bits per heavy atom. The standard InChI is InChI=1S/C27H37N3O7S/c1-8-35-22-12-16(11-20(27(3,4)5)25(22)37-38(7,33)34)21(31)15-30-13-17-10-18(26(32)29-6)24(36-9-2)23(28)19(17)14-30/h10-12,19,28H,8-9,13-15H2,1-7H3,(H,29,32). The molecule has 38 heavy (non-hydrogen) atoms. The number of fused-ring (bicyclic) bond motifs is 1. The fourth-order valence-corrected chi connectivity index (χ4v) is 5.10. The zero-order chi connectivity index (χ0) is 28.4. The average molecular weight is 548 g/mol. The fraction of sp³-hybridized carbons (Fsp3) is 0.519. The van der Waals surface area contributed by atoms with E-state index in [4.69, 9.17) is 19.1 Å². The number of benzene rings is 1. The summed E-state index contributed by atoms with van der Waals surface area (Å²) < 4.78 is 40.6. The van der Waals surface area contributed by atoms with E-state index in [9.17, 15) is 18.0 Å². The van der Waals surface area contributed by atoms with Crippen LogP contribution in [0.2, 0.25) is 0 Å². The van der Waals surface area contributed by atoms with Crippen LogP contribution < -0.4 is 14.2 Å². The molecule has 1 heterocycles. The van der Waals surface area contributed by atoms with Gasteiger partial charge >= 0.3 is 10.1 Å². The number of hydrogen-bond donors (Lipinski definition) is 2. The summed E-state index contributed by atoms with van der Waals surface area (Å²) in [6, 6.07) is 3.18. The highest BCUT2D eigenvalue weighted by Crippen LogP contribution is 2.41. The van der Waals surface area contributed by atoms with Crippen LogP contribution >= 0.6 is 0 Å². The van der Waals surface area contributed by atoms with E-state index in [1.54, 1.807) is 26.0 Å². The van der Waals surface area contributed by atoms with Gasteiger partial charge in [0.2, 0.25) is 0 Å². The van der Waals surface area contributed by atoms with Gasteiger partial charge in [-0.15, -0.1) is 0 Å². The van der Waals surface area contributed by atoms with E-state index < -0.39 is 15.5 Å². The number of ketones is 1. The second-order valence-electron chi connectivity index (χ2n) is 10.4. The summed E-state index contributed by atoms with van der Waals surface area (Å²) in [5, 5.41) is 11.3. The molecule has 1 unspecified atom stereocenters. The molecular formula is C27H37N3O7S. The van der Waals surface area contributed by atoms with Gasteiger partial charge in [0.1, 0.15) is 0 Å². The van der Waals surface area contributed by atoms with Crippen LogP contribution in [0.5, 0.6) is 11.5 Å². The van der Waals surface area contributed by atoms with Crippen molar-refractivity contribution in [3.63, 3.8) is 0 Å². The second-order valence-corrected chi connectivity index (χ2v) is 11.9. The lowest BCUT2D eigenvalue weighted by atomic mass is 9.84. The lowest BCUT2D eigenvalue weighted by Crippen LogP contribution is -2.31. The van der Waals surface area contributed by atoms with Gasteiger partial charge in [-0.1, -0.05) is 20.8 Å². The summed E-state index contributed by atoms with van der Waals surface area (Å²) >= 11 is 0. The second kappa shape index (κ2) is 11.3. The van der Waals surface area contributed by atoms with E-state index in [1.807, 2.05) is 25.7 Å². The van der Waals surface area contributed by atoms with E-state index in [0.29, 0.717) is 36.4 Å². The maximum absolute atomic E-state index is 13.5. The van der Waals surface area contributed by atoms with Crippen LogP contribution in [0.4, 0.5) is 0 Å². The van der Waals surface area contributed by atoms with Gasteiger partial charge in [0, 0.05) is 37.2 Å². The molecule has 0 spiro atoms. The third-order valence-electron chi connectivity index (χ3n) is 6.31. The number of likely N-dealkylation sites (tertiary alicyclic amines) is 1. The molecule has 0 saturated carbocycles. The normalized spacial score (nSPS) is 18.1. The highest BCUT2D eigenvalue weighted by Gasteiger charge is 2.39. The predicted octanol–water partition coefficient (Wildman–Crippen LogP) is 2.83. The van der Waals surface area contributed by atoms with Gasteiger partial charge in [-0.05, 0) is 43.0 Å². The minimum atomic E-state index is -3.83. The Morgan fingerprint density at radius 3 is 2.37 bits per heavy atom. The number of ether oxygens (including phenoxy) is 2. The first-order valence-corrected chi connectivity index (χ1v) is 14.4. The largest absolute Gasteiger partial charge is 0.491 e. The van der Waals surface area contributed by atoms with Gasteiger partial charge in [-0.25, -0.2) is 0 Å². The zero-order valence-corrected chi connectivity index (χ0v) is 23.9. The molecule has 0 aromatic heterocycles. The molecule has 11 heteroatoms. The van der Waals surface area contributed by atoms with Crippen molar-refractivity contribution in [3.8, 4) is 11.5 Å². The zero-order valence-electron chi connectivity index (χ0n) is 23.1. The van der Waals surface area contributed by atoms with Crippen LogP contribution in [0.3, 0.4) is 0 Å². The quantitative estimate of drug-likeness (QED) is 0.337. The molecule has 1 amide bonds. The molecule has 1 fully saturated rings. The molecule has 1 aromatic carbocycles. The summed E-state index contributed by atoms with van der Waals surface area (Å²) in [5.74, 6) is -0.237. The van der Waals surface area contributed by atoms with Crippen molar-refractivity contribution in [2.45, 2.75) is 40.0 Å². The molecule has 208 valence electrons. The number of carbonyl (C=O) groups excluding carboxylic acids is 2. The Balaban J connectivity index is 1.91. The van der Waals surface area contributed by atoms with E-state index in [0.717, 1.165) is 11.8 Å². The Bertz CT molecular complexity index is 1310. The third-order valence-corrected chi connectivity index (χ3v) is 6.78. The lowest BCUT2D eigenvalue weighted by Gasteiger charge is -2.25. The van der Waals surface area contributed by atoms with Crippen molar-refractivity contribution in [2.24, 2.45) is 5.92 Å². The Kier molecular flexibility index (Phi) is 8.72. The van der Waals surface area contributed by atoms with Gasteiger partial charge in [0.05, 0.1) is 37.3 Å². The summed E-state index contributed by atoms with van der Waals surface area (Å²) in [6.45, 7) is 10.8. The van der Waals surface area contributed by atoms with Crippen LogP contribution in [0, 0.1) is 11.3 Å². The lowest BCUT2D eigenvalue weighted by molar-refractivity contribution is -0.116. The monoisotopic (exact) mass is 547 g/mol. The SMILES string of the molecule is CCOC1=C(C(=O)NC)C=C2CN(CC(=O)c3cc(OCC)c(OS(C)(=O)=O)c(C(C)(C)C)c3)CC2C1=N. The van der Waals surface area contributed by atoms with Crippen LogP contribution in [0.15, 0.2) is 35.1 Å². The number of nitrogens with one attached hydrogen (secondary N) is 2. The summed E-state index contributed by atoms with van der Waals surface area (Å²) in [5.41, 5.74) is 1.80. The Morgan fingerprint density at radius 1 is 1.16 bits per heavy atom. The highest BCUT2D eigenvalue weighted by molar-refractivity contribution is 7.86. The molecule has 1 saturated heterocycles. The predicted molar refractivity (Wildman–Crippen MR) is 145 cm³/mol. The molecule has 3 rings (SSSR count). The first kappa shape index (κ1) is 29.4. The molecule has 0 bridgehead atoms. The number of amides is 1. The first-order valence-electron chi connectivity index (χ1n) is 12.5. The number of allylic oxidation sites excluding steroid dienone is 1. The van der Waals surface area contributed by atoms with Crippen molar-refractivity contribution in [1.29, 1.82) is 5.41 Å². The molecule has 1 aromatic rings. The van der Waals surface area contributed by atoms with E-state index in [2.05, 4.69) is 5.32 Å². The summed E-state index contributed by atoms with van der Waals surface area (Å²) in [4.78, 5) is 27.8. The van der Waals surface area contributed by atoms with Crippen molar-refractivity contribution in [2.75, 3.05) is 46.2 Å². The molecular weight excluding hydrogens is 510 g/mol. The third kappa shape index (κ3) is 6.44. The maximum Gasteiger partial charge on any atom is 0.306 e. The van der Waals surface area contributed by atoms with Crippen LogP contribution in [0.1, 0.15) is 50.5 Å². The maximum atomic E-state index is 13.5. The van der Waals surface area contributed by atoms with Gasteiger partial charge in [0.25, 0.3) is 5.91 Å². The number of nitrogens with zero attached hydrogens (tertiary/aromatic N) is 1. The minimum absolute atomic E-state index is 0.0713. The fourth-order valence-electron chi connectivity index (χ4n) is 4.62. The average Bonchev–Trinajstić information content (AvgIpc) is 3.22.